The Kier molecular flexibility index (Phi) is 6.76. The van der Waals surface area contributed by atoms with Crippen LogP contribution in [0.4, 0.5) is 5.95 Å². The van der Waals surface area contributed by atoms with Crippen LogP contribution in [-0.4, -0.2) is 45.9 Å². The quantitative estimate of drug-likeness (QED) is 0.341. The maximum atomic E-state index is 13.0. The number of hydrogen-bond acceptors (Lipinski definition) is 5. The van der Waals surface area contributed by atoms with Gasteiger partial charge in [-0.2, -0.15) is 0 Å². The van der Waals surface area contributed by atoms with Crippen molar-refractivity contribution in [3.8, 4) is 11.1 Å². The van der Waals surface area contributed by atoms with E-state index in [2.05, 4.69) is 60.9 Å². The summed E-state index contributed by atoms with van der Waals surface area (Å²) in [5, 5.41) is 8.74. The number of hydrogen-bond donors (Lipinski definition) is 2. The van der Waals surface area contributed by atoms with Gasteiger partial charge in [-0.3, -0.25) is 4.79 Å². The summed E-state index contributed by atoms with van der Waals surface area (Å²) in [4.78, 5) is 24.7. The molecule has 1 amide bonds. The molecule has 0 aliphatic carbocycles. The standard InChI is InChI=1S/C31H32ClN5O/c1-19-16-25(13-15-37(19)30(38)21-6-9-24(32)10-7-21)35-31-34-20(2)28-17-22(8-11-29(28)36-31)26-5-3-4-23-18-33-14-12-27(23)26/h3-11,17,19,25,33H,12-16,18H2,1-2H3,(H,34,35,36). The molecule has 194 valence electrons. The van der Waals surface area contributed by atoms with Crippen LogP contribution in [0.3, 0.4) is 0 Å². The number of carbonyl (C=O) groups excluding carboxylic acids is 1. The number of benzene rings is 3. The van der Waals surface area contributed by atoms with Crippen molar-refractivity contribution < 1.29 is 4.79 Å². The molecule has 2 N–H and O–H groups in total. The predicted molar refractivity (Wildman–Crippen MR) is 154 cm³/mol. The SMILES string of the molecule is Cc1nc(NC2CCN(C(=O)c3ccc(Cl)cc3)C(C)C2)nc2ccc(-c3cccc4c3CCNC4)cc12. The Hall–Kier alpha value is -3.48. The smallest absolute Gasteiger partial charge is 0.254 e. The monoisotopic (exact) mass is 525 g/mol. The van der Waals surface area contributed by atoms with Crippen LogP contribution in [0.2, 0.25) is 5.02 Å². The van der Waals surface area contributed by atoms with Gasteiger partial charge < -0.3 is 15.5 Å². The van der Waals surface area contributed by atoms with Crippen LogP contribution in [0, 0.1) is 6.92 Å². The minimum absolute atomic E-state index is 0.0529. The zero-order valence-electron chi connectivity index (χ0n) is 21.8. The number of amides is 1. The lowest BCUT2D eigenvalue weighted by Gasteiger charge is -2.38. The average Bonchev–Trinajstić information content (AvgIpc) is 2.93. The van der Waals surface area contributed by atoms with Gasteiger partial charge in [0.1, 0.15) is 0 Å². The number of piperidine rings is 1. The number of nitrogens with zero attached hydrogens (tertiary/aromatic N) is 3. The summed E-state index contributed by atoms with van der Waals surface area (Å²) in [7, 11) is 0. The Balaban J connectivity index is 1.18. The molecule has 6 nitrogen and oxygen atoms in total. The van der Waals surface area contributed by atoms with E-state index in [4.69, 9.17) is 21.6 Å². The van der Waals surface area contributed by atoms with Crippen molar-refractivity contribution in [3.05, 3.63) is 88.1 Å². The minimum atomic E-state index is 0.0529. The third kappa shape index (κ3) is 4.86. The van der Waals surface area contributed by atoms with E-state index in [1.165, 1.54) is 22.3 Å². The maximum Gasteiger partial charge on any atom is 0.254 e. The summed E-state index contributed by atoms with van der Waals surface area (Å²) in [6, 6.07) is 20.6. The fourth-order valence-electron chi connectivity index (χ4n) is 5.86. The van der Waals surface area contributed by atoms with Gasteiger partial charge in [-0.1, -0.05) is 35.9 Å². The Labute approximate surface area is 228 Å². The van der Waals surface area contributed by atoms with Crippen molar-refractivity contribution >= 4 is 34.4 Å². The van der Waals surface area contributed by atoms with E-state index in [0.29, 0.717) is 23.1 Å². The molecular formula is C31H32ClN5O. The van der Waals surface area contributed by atoms with E-state index in [1.54, 1.807) is 24.3 Å². The Bertz CT molecular complexity index is 1500. The number of aromatic nitrogens is 2. The van der Waals surface area contributed by atoms with Gasteiger partial charge in [0.25, 0.3) is 5.91 Å². The molecule has 3 heterocycles. The van der Waals surface area contributed by atoms with Crippen LogP contribution in [0.15, 0.2) is 60.7 Å². The second-order valence-corrected chi connectivity index (χ2v) is 10.9. The highest BCUT2D eigenvalue weighted by molar-refractivity contribution is 6.30. The number of rotatable bonds is 4. The molecule has 2 aliphatic rings. The number of anilines is 1. The van der Waals surface area contributed by atoms with Gasteiger partial charge in [0, 0.05) is 41.1 Å². The van der Waals surface area contributed by atoms with E-state index < -0.39 is 0 Å². The first-order valence-electron chi connectivity index (χ1n) is 13.4. The molecular weight excluding hydrogens is 494 g/mol. The first kappa shape index (κ1) is 24.8. The highest BCUT2D eigenvalue weighted by Crippen LogP contribution is 2.32. The average molecular weight is 526 g/mol. The van der Waals surface area contributed by atoms with Gasteiger partial charge in [0.2, 0.25) is 5.95 Å². The lowest BCUT2D eigenvalue weighted by molar-refractivity contribution is 0.0625. The Morgan fingerprint density at radius 2 is 1.95 bits per heavy atom. The summed E-state index contributed by atoms with van der Waals surface area (Å²) in [6.07, 6.45) is 2.73. The molecule has 38 heavy (non-hydrogen) atoms. The van der Waals surface area contributed by atoms with Crippen LogP contribution in [0.25, 0.3) is 22.0 Å². The predicted octanol–water partition coefficient (Wildman–Crippen LogP) is 6.01. The maximum absolute atomic E-state index is 13.0. The summed E-state index contributed by atoms with van der Waals surface area (Å²) in [5.41, 5.74) is 7.94. The molecule has 0 spiro atoms. The highest BCUT2D eigenvalue weighted by Gasteiger charge is 2.30. The number of carbonyl (C=O) groups is 1. The third-order valence-corrected chi connectivity index (χ3v) is 8.15. The molecule has 3 aromatic carbocycles. The van der Waals surface area contributed by atoms with Crippen molar-refractivity contribution in [2.45, 2.75) is 51.7 Å². The van der Waals surface area contributed by atoms with Crippen LogP contribution < -0.4 is 10.6 Å². The molecule has 2 atom stereocenters. The van der Waals surface area contributed by atoms with Crippen LogP contribution in [0.5, 0.6) is 0 Å². The summed E-state index contributed by atoms with van der Waals surface area (Å²) >= 11 is 5.99. The molecule has 1 saturated heterocycles. The fraction of sp³-hybridized carbons (Fsp3) is 0.323. The lowest BCUT2D eigenvalue weighted by atomic mass is 9.91. The second kappa shape index (κ2) is 10.4. The number of fused-ring (bicyclic) bond motifs is 2. The van der Waals surface area contributed by atoms with E-state index >= 15 is 0 Å². The van der Waals surface area contributed by atoms with Crippen LogP contribution >= 0.6 is 11.6 Å². The number of likely N-dealkylation sites (tertiary alicyclic amines) is 1. The van der Waals surface area contributed by atoms with Crippen molar-refractivity contribution in [2.24, 2.45) is 0 Å². The van der Waals surface area contributed by atoms with Gasteiger partial charge in [-0.05, 0) is 98.3 Å². The normalized spacial score (nSPS) is 19.3. The Morgan fingerprint density at radius 1 is 1.11 bits per heavy atom. The summed E-state index contributed by atoms with van der Waals surface area (Å²) in [6.45, 7) is 6.79. The number of nitrogens with one attached hydrogen (secondary N) is 2. The minimum Gasteiger partial charge on any atom is -0.351 e. The van der Waals surface area contributed by atoms with Gasteiger partial charge in [0.05, 0.1) is 11.2 Å². The largest absolute Gasteiger partial charge is 0.351 e. The number of aryl methyl sites for hydroxylation is 1. The van der Waals surface area contributed by atoms with Crippen molar-refractivity contribution in [2.75, 3.05) is 18.4 Å². The molecule has 0 bridgehead atoms. The highest BCUT2D eigenvalue weighted by atomic mass is 35.5. The topological polar surface area (TPSA) is 70.2 Å². The third-order valence-electron chi connectivity index (χ3n) is 7.90. The Morgan fingerprint density at radius 3 is 2.76 bits per heavy atom. The first-order valence-corrected chi connectivity index (χ1v) is 13.8. The molecule has 0 radical (unpaired) electrons. The molecule has 1 aromatic heterocycles. The molecule has 0 saturated carbocycles. The van der Waals surface area contributed by atoms with Gasteiger partial charge in [0.15, 0.2) is 0 Å². The number of halogens is 1. The van der Waals surface area contributed by atoms with Crippen LogP contribution in [0.1, 0.15) is 46.9 Å². The molecule has 2 aliphatic heterocycles. The van der Waals surface area contributed by atoms with Gasteiger partial charge >= 0.3 is 0 Å². The van der Waals surface area contributed by atoms with E-state index in [-0.39, 0.29) is 18.0 Å². The van der Waals surface area contributed by atoms with Gasteiger partial charge in [-0.15, -0.1) is 0 Å². The van der Waals surface area contributed by atoms with E-state index in [9.17, 15) is 4.79 Å². The van der Waals surface area contributed by atoms with Crippen molar-refractivity contribution in [3.63, 3.8) is 0 Å². The molecule has 1 fully saturated rings. The first-order chi connectivity index (χ1) is 18.5. The van der Waals surface area contributed by atoms with E-state index in [0.717, 1.165) is 48.9 Å². The summed E-state index contributed by atoms with van der Waals surface area (Å²) in [5.74, 6) is 0.706. The zero-order valence-corrected chi connectivity index (χ0v) is 22.6. The second-order valence-electron chi connectivity index (χ2n) is 10.5. The molecule has 6 rings (SSSR count). The zero-order chi connectivity index (χ0) is 26.2. The van der Waals surface area contributed by atoms with E-state index in [1.807, 2.05) is 4.90 Å². The molecule has 7 heteroatoms. The molecule has 4 aromatic rings. The van der Waals surface area contributed by atoms with Crippen molar-refractivity contribution in [1.82, 2.24) is 20.2 Å². The molecule has 2 unspecified atom stereocenters. The summed E-state index contributed by atoms with van der Waals surface area (Å²) < 4.78 is 0. The van der Waals surface area contributed by atoms with Crippen LogP contribution in [-0.2, 0) is 13.0 Å². The fourth-order valence-corrected chi connectivity index (χ4v) is 5.99. The van der Waals surface area contributed by atoms with Crippen molar-refractivity contribution in [1.29, 1.82) is 0 Å². The lowest BCUT2D eigenvalue weighted by Crippen LogP contribution is -2.48. The van der Waals surface area contributed by atoms with Gasteiger partial charge in [-0.25, -0.2) is 9.97 Å².